The number of rotatable bonds is 4. The van der Waals surface area contributed by atoms with E-state index in [4.69, 9.17) is 14.3 Å². The Bertz CT molecular complexity index is 634. The van der Waals surface area contributed by atoms with Gasteiger partial charge in [0.2, 0.25) is 6.79 Å². The van der Waals surface area contributed by atoms with Crippen molar-refractivity contribution in [3.8, 4) is 11.5 Å². The van der Waals surface area contributed by atoms with Gasteiger partial charge in [0.15, 0.2) is 18.1 Å². The molecule has 0 saturated carbocycles. The highest BCUT2D eigenvalue weighted by atomic mass is 16.7. The zero-order valence-electron chi connectivity index (χ0n) is 14.4. The summed E-state index contributed by atoms with van der Waals surface area (Å²) >= 11 is 0. The minimum atomic E-state index is -0.0265. The zero-order valence-corrected chi connectivity index (χ0v) is 14.4. The van der Waals surface area contributed by atoms with Gasteiger partial charge in [-0.25, -0.2) is 0 Å². The summed E-state index contributed by atoms with van der Waals surface area (Å²) in [6.07, 6.45) is 1.17. The highest BCUT2D eigenvalue weighted by molar-refractivity contribution is 5.99. The second-order valence-corrected chi connectivity index (χ2v) is 6.76. The van der Waals surface area contributed by atoms with Crippen LogP contribution in [0, 0.1) is 11.8 Å². The van der Waals surface area contributed by atoms with Gasteiger partial charge in [-0.15, -0.1) is 0 Å². The van der Waals surface area contributed by atoms with Gasteiger partial charge in [0, 0.05) is 18.7 Å². The van der Waals surface area contributed by atoms with E-state index in [1.807, 2.05) is 30.0 Å². The molecule has 2 unspecified atom stereocenters. The SMILES string of the molecule is C/C(=N\OCC(=O)N1CC(C)CC(C)C1)c1ccc2c(c1)OCO2. The van der Waals surface area contributed by atoms with Crippen LogP contribution in [0.5, 0.6) is 11.5 Å². The van der Waals surface area contributed by atoms with Crippen molar-refractivity contribution in [2.24, 2.45) is 17.0 Å². The third kappa shape index (κ3) is 3.80. The second kappa shape index (κ2) is 7.11. The van der Waals surface area contributed by atoms with Crippen LogP contribution in [0.2, 0.25) is 0 Å². The van der Waals surface area contributed by atoms with Gasteiger partial charge in [0.1, 0.15) is 0 Å². The number of ether oxygens (including phenoxy) is 2. The first-order valence-electron chi connectivity index (χ1n) is 8.37. The summed E-state index contributed by atoms with van der Waals surface area (Å²) in [4.78, 5) is 19.4. The average molecular weight is 332 g/mol. The predicted molar refractivity (Wildman–Crippen MR) is 90.3 cm³/mol. The number of piperidine rings is 1. The zero-order chi connectivity index (χ0) is 17.1. The summed E-state index contributed by atoms with van der Waals surface area (Å²) in [7, 11) is 0. The lowest BCUT2D eigenvalue weighted by atomic mass is 9.92. The minimum absolute atomic E-state index is 0.00404. The van der Waals surface area contributed by atoms with Gasteiger partial charge in [-0.3, -0.25) is 4.79 Å². The molecule has 0 aliphatic carbocycles. The van der Waals surface area contributed by atoms with Crippen molar-refractivity contribution in [1.82, 2.24) is 4.90 Å². The molecule has 6 heteroatoms. The molecule has 3 rings (SSSR count). The van der Waals surface area contributed by atoms with Crippen molar-refractivity contribution < 1.29 is 19.1 Å². The Morgan fingerprint density at radius 2 is 1.96 bits per heavy atom. The molecule has 130 valence electrons. The lowest BCUT2D eigenvalue weighted by Crippen LogP contribution is -2.44. The van der Waals surface area contributed by atoms with Crippen LogP contribution in [-0.4, -0.2) is 43.0 Å². The summed E-state index contributed by atoms with van der Waals surface area (Å²) < 4.78 is 10.6. The van der Waals surface area contributed by atoms with Crippen LogP contribution >= 0.6 is 0 Å². The lowest BCUT2D eigenvalue weighted by molar-refractivity contribution is -0.138. The molecule has 6 nitrogen and oxygen atoms in total. The van der Waals surface area contributed by atoms with Gasteiger partial charge in [-0.2, -0.15) is 0 Å². The number of carbonyl (C=O) groups is 1. The van der Waals surface area contributed by atoms with Gasteiger partial charge >= 0.3 is 0 Å². The maximum atomic E-state index is 12.3. The van der Waals surface area contributed by atoms with E-state index in [-0.39, 0.29) is 19.3 Å². The molecule has 2 aliphatic heterocycles. The van der Waals surface area contributed by atoms with Crippen molar-refractivity contribution in [3.05, 3.63) is 23.8 Å². The van der Waals surface area contributed by atoms with Crippen LogP contribution in [-0.2, 0) is 9.63 Å². The van der Waals surface area contributed by atoms with E-state index in [1.54, 1.807) is 0 Å². The topological polar surface area (TPSA) is 60.4 Å². The maximum Gasteiger partial charge on any atom is 0.263 e. The van der Waals surface area contributed by atoms with E-state index in [0.29, 0.717) is 23.3 Å². The number of benzene rings is 1. The smallest absolute Gasteiger partial charge is 0.263 e. The first-order valence-corrected chi connectivity index (χ1v) is 8.37. The Kier molecular flexibility index (Phi) is 4.92. The largest absolute Gasteiger partial charge is 0.454 e. The van der Waals surface area contributed by atoms with Crippen molar-refractivity contribution >= 4 is 11.6 Å². The molecule has 1 amide bonds. The third-order valence-electron chi connectivity index (χ3n) is 4.40. The molecular weight excluding hydrogens is 308 g/mol. The van der Waals surface area contributed by atoms with E-state index < -0.39 is 0 Å². The Morgan fingerprint density at radius 3 is 2.71 bits per heavy atom. The van der Waals surface area contributed by atoms with Gasteiger partial charge in [0.25, 0.3) is 5.91 Å². The molecule has 0 aromatic heterocycles. The summed E-state index contributed by atoms with van der Waals surface area (Å²) in [6, 6.07) is 5.60. The number of carbonyl (C=O) groups excluding carboxylic acids is 1. The number of fused-ring (bicyclic) bond motifs is 1. The molecular formula is C18H24N2O4. The third-order valence-corrected chi connectivity index (χ3v) is 4.40. The molecule has 2 aliphatic rings. The van der Waals surface area contributed by atoms with Crippen LogP contribution in [0.15, 0.2) is 23.4 Å². The Balaban J connectivity index is 1.54. The average Bonchev–Trinajstić information content (AvgIpc) is 3.01. The first-order chi connectivity index (χ1) is 11.5. The van der Waals surface area contributed by atoms with Crippen molar-refractivity contribution in [1.29, 1.82) is 0 Å². The molecule has 24 heavy (non-hydrogen) atoms. The van der Waals surface area contributed by atoms with E-state index in [1.165, 1.54) is 6.42 Å². The van der Waals surface area contributed by atoms with Gasteiger partial charge in [-0.05, 0) is 43.4 Å². The fourth-order valence-electron chi connectivity index (χ4n) is 3.32. The summed E-state index contributed by atoms with van der Waals surface area (Å²) in [5, 5.41) is 4.07. The summed E-state index contributed by atoms with van der Waals surface area (Å²) in [5.41, 5.74) is 1.58. The van der Waals surface area contributed by atoms with Crippen LogP contribution in [0.4, 0.5) is 0 Å². The Hall–Kier alpha value is -2.24. The predicted octanol–water partition coefficient (Wildman–Crippen LogP) is 2.66. The van der Waals surface area contributed by atoms with E-state index in [2.05, 4.69) is 19.0 Å². The molecule has 2 heterocycles. The molecule has 0 bridgehead atoms. The normalized spacial score (nSPS) is 23.3. The quantitative estimate of drug-likeness (QED) is 0.628. The second-order valence-electron chi connectivity index (χ2n) is 6.76. The molecule has 1 fully saturated rings. The van der Waals surface area contributed by atoms with E-state index >= 15 is 0 Å². The Morgan fingerprint density at radius 1 is 1.25 bits per heavy atom. The monoisotopic (exact) mass is 332 g/mol. The number of nitrogens with zero attached hydrogens (tertiary/aromatic N) is 2. The molecule has 0 N–H and O–H groups in total. The Labute approximate surface area is 142 Å². The van der Waals surface area contributed by atoms with E-state index in [0.717, 1.165) is 24.4 Å². The molecule has 0 radical (unpaired) electrons. The number of likely N-dealkylation sites (tertiary alicyclic amines) is 1. The van der Waals surface area contributed by atoms with Gasteiger partial charge in [-0.1, -0.05) is 19.0 Å². The molecule has 1 saturated heterocycles. The van der Waals surface area contributed by atoms with Crippen LogP contribution < -0.4 is 9.47 Å². The standard InChI is InChI=1S/C18H24N2O4/c1-12-6-13(2)9-20(8-12)18(21)10-24-19-14(3)15-4-5-16-17(7-15)23-11-22-16/h4-5,7,12-13H,6,8-11H2,1-3H3/b19-14+. The highest BCUT2D eigenvalue weighted by Gasteiger charge is 2.25. The summed E-state index contributed by atoms with van der Waals surface area (Å²) in [5.74, 6) is 2.51. The molecule has 2 atom stereocenters. The van der Waals surface area contributed by atoms with Crippen LogP contribution in [0.1, 0.15) is 32.8 Å². The molecule has 1 aromatic carbocycles. The van der Waals surface area contributed by atoms with Gasteiger partial charge in [0.05, 0.1) is 5.71 Å². The fourth-order valence-corrected chi connectivity index (χ4v) is 3.32. The molecule has 1 aromatic rings. The van der Waals surface area contributed by atoms with E-state index in [9.17, 15) is 4.79 Å². The van der Waals surface area contributed by atoms with Crippen molar-refractivity contribution in [2.75, 3.05) is 26.5 Å². The van der Waals surface area contributed by atoms with Crippen LogP contribution in [0.25, 0.3) is 0 Å². The number of oxime groups is 1. The summed E-state index contributed by atoms with van der Waals surface area (Å²) in [6.45, 7) is 8.02. The number of amides is 1. The fraction of sp³-hybridized carbons (Fsp3) is 0.556. The van der Waals surface area contributed by atoms with Crippen molar-refractivity contribution in [2.45, 2.75) is 27.2 Å². The number of hydrogen-bond donors (Lipinski definition) is 0. The minimum Gasteiger partial charge on any atom is -0.454 e. The van der Waals surface area contributed by atoms with Crippen molar-refractivity contribution in [3.63, 3.8) is 0 Å². The highest BCUT2D eigenvalue weighted by Crippen LogP contribution is 2.32. The van der Waals surface area contributed by atoms with Crippen LogP contribution in [0.3, 0.4) is 0 Å². The molecule has 0 spiro atoms. The number of hydrogen-bond acceptors (Lipinski definition) is 5. The van der Waals surface area contributed by atoms with Gasteiger partial charge < -0.3 is 19.2 Å². The lowest BCUT2D eigenvalue weighted by Gasteiger charge is -2.34. The maximum absolute atomic E-state index is 12.3. The first kappa shape index (κ1) is 16.6.